The molecule has 6 heteroatoms. The van der Waals surface area contributed by atoms with Crippen molar-refractivity contribution in [3.63, 3.8) is 0 Å². The van der Waals surface area contributed by atoms with Crippen LogP contribution in [0.2, 0.25) is 5.02 Å². The molecule has 4 rings (SSSR count). The van der Waals surface area contributed by atoms with Crippen molar-refractivity contribution in [3.8, 4) is 11.5 Å². The second-order valence-electron chi connectivity index (χ2n) is 5.35. The van der Waals surface area contributed by atoms with Gasteiger partial charge >= 0.3 is 0 Å². The zero-order valence-electron chi connectivity index (χ0n) is 12.9. The number of carbonyl (C=O) groups is 1. The molecule has 1 N–H and O–H groups in total. The molecule has 0 bridgehead atoms. The van der Waals surface area contributed by atoms with Crippen LogP contribution in [0, 0.1) is 0 Å². The van der Waals surface area contributed by atoms with E-state index in [1.807, 2.05) is 18.2 Å². The van der Waals surface area contributed by atoms with Crippen molar-refractivity contribution in [3.05, 3.63) is 77.6 Å². The summed E-state index contributed by atoms with van der Waals surface area (Å²) >= 11 is 6.19. The number of hydrogen-bond donors (Lipinski definition) is 1. The predicted molar refractivity (Wildman–Crippen MR) is 96.6 cm³/mol. The number of anilines is 1. The van der Waals surface area contributed by atoms with Crippen LogP contribution in [-0.4, -0.2) is 15.9 Å². The molecule has 2 aromatic heterocycles. The first-order valence-electron chi connectivity index (χ1n) is 7.58. The first kappa shape index (κ1) is 15.4. The minimum Gasteiger partial charge on any atom is -0.436 e. The summed E-state index contributed by atoms with van der Waals surface area (Å²) in [6.07, 6.45) is 1.58. The minimum absolute atomic E-state index is 0.283. The van der Waals surface area contributed by atoms with E-state index >= 15 is 0 Å². The number of nitrogens with one attached hydrogen (secondary N) is 1. The fraction of sp³-hybridized carbons (Fsp3) is 0. The average molecular weight is 350 g/mol. The summed E-state index contributed by atoms with van der Waals surface area (Å²) < 4.78 is 5.76. The SMILES string of the molecule is O=C(Nc1ccc2oc(-c3ccccc3Cl)nc2c1)c1ccccn1. The van der Waals surface area contributed by atoms with E-state index < -0.39 is 0 Å². The molecule has 0 saturated heterocycles. The monoisotopic (exact) mass is 349 g/mol. The second kappa shape index (κ2) is 6.37. The molecule has 0 atom stereocenters. The lowest BCUT2D eigenvalue weighted by Gasteiger charge is -2.03. The van der Waals surface area contributed by atoms with Gasteiger partial charge in [0.25, 0.3) is 5.91 Å². The maximum atomic E-state index is 12.2. The Bertz CT molecular complexity index is 1060. The lowest BCUT2D eigenvalue weighted by Crippen LogP contribution is -2.13. The zero-order chi connectivity index (χ0) is 17.2. The summed E-state index contributed by atoms with van der Waals surface area (Å²) in [4.78, 5) is 20.7. The van der Waals surface area contributed by atoms with Gasteiger partial charge in [0.2, 0.25) is 5.89 Å². The summed E-state index contributed by atoms with van der Waals surface area (Å²) in [7, 11) is 0. The number of halogens is 1. The first-order valence-corrected chi connectivity index (χ1v) is 7.96. The van der Waals surface area contributed by atoms with Crippen LogP contribution in [0.5, 0.6) is 0 Å². The highest BCUT2D eigenvalue weighted by Crippen LogP contribution is 2.30. The van der Waals surface area contributed by atoms with Gasteiger partial charge in [-0.15, -0.1) is 0 Å². The van der Waals surface area contributed by atoms with Gasteiger partial charge in [-0.2, -0.15) is 0 Å². The molecular formula is C19H12ClN3O2. The fourth-order valence-corrected chi connectivity index (χ4v) is 2.66. The van der Waals surface area contributed by atoms with Crippen molar-refractivity contribution in [2.75, 3.05) is 5.32 Å². The molecular weight excluding hydrogens is 338 g/mol. The molecule has 0 aliphatic carbocycles. The van der Waals surface area contributed by atoms with Gasteiger partial charge in [0, 0.05) is 11.9 Å². The lowest BCUT2D eigenvalue weighted by molar-refractivity contribution is 0.102. The molecule has 0 aliphatic rings. The van der Waals surface area contributed by atoms with Gasteiger partial charge < -0.3 is 9.73 Å². The molecule has 0 spiro atoms. The number of amides is 1. The van der Waals surface area contributed by atoms with E-state index in [2.05, 4.69) is 15.3 Å². The number of nitrogens with zero attached hydrogens (tertiary/aromatic N) is 2. The third-order valence-corrected chi connectivity index (χ3v) is 3.98. The van der Waals surface area contributed by atoms with Crippen molar-refractivity contribution in [2.45, 2.75) is 0 Å². The topological polar surface area (TPSA) is 68.0 Å². The Balaban J connectivity index is 1.65. The number of benzene rings is 2. The highest BCUT2D eigenvalue weighted by Gasteiger charge is 2.13. The van der Waals surface area contributed by atoms with Crippen LogP contribution in [0.25, 0.3) is 22.6 Å². The normalized spacial score (nSPS) is 10.8. The van der Waals surface area contributed by atoms with Crippen LogP contribution in [0.4, 0.5) is 5.69 Å². The Labute approximate surface area is 148 Å². The molecule has 2 heterocycles. The third kappa shape index (κ3) is 3.09. The summed E-state index contributed by atoms with van der Waals surface area (Å²) in [6, 6.07) is 17.8. The van der Waals surface area contributed by atoms with Crippen LogP contribution < -0.4 is 5.32 Å². The van der Waals surface area contributed by atoms with E-state index in [0.29, 0.717) is 33.4 Å². The Morgan fingerprint density at radius 3 is 2.68 bits per heavy atom. The molecule has 4 aromatic rings. The van der Waals surface area contributed by atoms with Gasteiger partial charge in [-0.1, -0.05) is 29.8 Å². The average Bonchev–Trinajstić information content (AvgIpc) is 3.06. The van der Waals surface area contributed by atoms with E-state index in [0.717, 1.165) is 5.56 Å². The van der Waals surface area contributed by atoms with E-state index in [9.17, 15) is 4.79 Å². The molecule has 0 radical (unpaired) electrons. The van der Waals surface area contributed by atoms with Gasteiger partial charge in [0.05, 0.1) is 10.6 Å². The highest BCUT2D eigenvalue weighted by molar-refractivity contribution is 6.33. The largest absolute Gasteiger partial charge is 0.436 e. The van der Waals surface area contributed by atoms with Gasteiger partial charge in [-0.3, -0.25) is 9.78 Å². The van der Waals surface area contributed by atoms with Crippen molar-refractivity contribution in [2.24, 2.45) is 0 Å². The highest BCUT2D eigenvalue weighted by atomic mass is 35.5. The smallest absolute Gasteiger partial charge is 0.274 e. The van der Waals surface area contributed by atoms with Crippen molar-refractivity contribution in [1.29, 1.82) is 0 Å². The van der Waals surface area contributed by atoms with Gasteiger partial charge in [0.15, 0.2) is 5.58 Å². The number of hydrogen-bond acceptors (Lipinski definition) is 4. The van der Waals surface area contributed by atoms with Gasteiger partial charge in [-0.25, -0.2) is 4.98 Å². The van der Waals surface area contributed by atoms with Gasteiger partial charge in [-0.05, 0) is 42.5 Å². The third-order valence-electron chi connectivity index (χ3n) is 3.65. The predicted octanol–water partition coefficient (Wildman–Crippen LogP) is 4.80. The van der Waals surface area contributed by atoms with Crippen LogP contribution in [0.15, 0.2) is 71.3 Å². The number of pyridine rings is 1. The molecule has 0 fully saturated rings. The lowest BCUT2D eigenvalue weighted by atomic mass is 10.2. The van der Waals surface area contributed by atoms with Crippen LogP contribution >= 0.6 is 11.6 Å². The molecule has 0 aliphatic heterocycles. The molecule has 25 heavy (non-hydrogen) atoms. The summed E-state index contributed by atoms with van der Waals surface area (Å²) in [5, 5.41) is 3.37. The molecule has 0 unspecified atom stereocenters. The van der Waals surface area contributed by atoms with Crippen molar-refractivity contribution in [1.82, 2.24) is 9.97 Å². The summed E-state index contributed by atoms with van der Waals surface area (Å²) in [5.41, 5.74) is 2.93. The number of aromatic nitrogens is 2. The van der Waals surface area contributed by atoms with Crippen LogP contribution in [0.1, 0.15) is 10.5 Å². The summed E-state index contributed by atoms with van der Waals surface area (Å²) in [6.45, 7) is 0. The first-order chi connectivity index (χ1) is 12.2. The number of carbonyl (C=O) groups excluding carboxylic acids is 1. The van der Waals surface area contributed by atoms with Crippen LogP contribution in [-0.2, 0) is 0 Å². The van der Waals surface area contributed by atoms with Crippen molar-refractivity contribution >= 4 is 34.3 Å². The van der Waals surface area contributed by atoms with E-state index in [1.165, 1.54) is 0 Å². The maximum Gasteiger partial charge on any atom is 0.274 e. The second-order valence-corrected chi connectivity index (χ2v) is 5.76. The molecule has 122 valence electrons. The van der Waals surface area contributed by atoms with E-state index in [1.54, 1.807) is 48.7 Å². The molecule has 2 aromatic carbocycles. The summed E-state index contributed by atoms with van der Waals surface area (Å²) in [5.74, 6) is 0.156. The zero-order valence-corrected chi connectivity index (χ0v) is 13.7. The Morgan fingerprint density at radius 2 is 1.88 bits per heavy atom. The minimum atomic E-state index is -0.283. The standard InChI is InChI=1S/C19H12ClN3O2/c20-14-6-2-1-5-13(14)19-23-16-11-12(8-9-17(16)25-19)22-18(24)15-7-3-4-10-21-15/h1-11H,(H,22,24). The molecule has 5 nitrogen and oxygen atoms in total. The Hall–Kier alpha value is -3.18. The Kier molecular flexibility index (Phi) is 3.91. The number of fused-ring (bicyclic) bond motifs is 1. The maximum absolute atomic E-state index is 12.2. The fourth-order valence-electron chi connectivity index (χ4n) is 2.45. The van der Waals surface area contributed by atoms with Gasteiger partial charge in [0.1, 0.15) is 11.2 Å². The van der Waals surface area contributed by atoms with Crippen LogP contribution in [0.3, 0.4) is 0 Å². The van der Waals surface area contributed by atoms with E-state index in [4.69, 9.17) is 16.0 Å². The number of rotatable bonds is 3. The molecule has 1 amide bonds. The van der Waals surface area contributed by atoms with Crippen molar-refractivity contribution < 1.29 is 9.21 Å². The van der Waals surface area contributed by atoms with E-state index in [-0.39, 0.29) is 5.91 Å². The quantitative estimate of drug-likeness (QED) is 0.577. The molecule has 0 saturated carbocycles. The Morgan fingerprint density at radius 1 is 1.04 bits per heavy atom. The number of oxazole rings is 1.